The van der Waals surface area contributed by atoms with Crippen molar-refractivity contribution >= 4 is 21.6 Å². The molecule has 1 saturated heterocycles. The van der Waals surface area contributed by atoms with Crippen LogP contribution in [0.3, 0.4) is 0 Å². The van der Waals surface area contributed by atoms with Crippen molar-refractivity contribution in [2.45, 2.75) is 36.8 Å². The normalized spacial score (nSPS) is 15.9. The zero-order valence-corrected chi connectivity index (χ0v) is 17.7. The Morgan fingerprint density at radius 1 is 1.00 bits per heavy atom. The Morgan fingerprint density at radius 3 is 2.16 bits per heavy atom. The number of benzene rings is 2. The first-order valence-corrected chi connectivity index (χ1v) is 11.2. The zero-order valence-electron chi connectivity index (χ0n) is 16.9. The fraction of sp³-hybridized carbons (Fsp3) is 0.381. The standard InChI is InChI=1S/C21H23F3N2O4S/c1-30-19-11-10-17(31(28,29)26-12-4-2-3-5-13-26)14-18(19)20(27)25-16-8-6-15(7-9-16)21(22,23)24/h6-11,14H,2-5,12-13H2,1H3,(H,25,27). The van der Waals surface area contributed by atoms with Gasteiger partial charge in [0.1, 0.15) is 5.75 Å². The third kappa shape index (κ3) is 5.37. The van der Waals surface area contributed by atoms with Crippen LogP contribution in [0.4, 0.5) is 18.9 Å². The number of halogens is 3. The molecule has 1 fully saturated rings. The van der Waals surface area contributed by atoms with E-state index in [1.807, 2.05) is 0 Å². The number of carbonyl (C=O) groups is 1. The molecule has 0 unspecified atom stereocenters. The number of nitrogens with zero attached hydrogens (tertiary/aromatic N) is 1. The van der Waals surface area contributed by atoms with Crippen molar-refractivity contribution in [3.8, 4) is 5.75 Å². The van der Waals surface area contributed by atoms with E-state index in [1.165, 1.54) is 29.6 Å². The molecule has 0 aliphatic carbocycles. The lowest BCUT2D eigenvalue weighted by Crippen LogP contribution is -2.32. The second-order valence-corrected chi connectivity index (χ2v) is 9.15. The number of sulfonamides is 1. The highest BCUT2D eigenvalue weighted by molar-refractivity contribution is 7.89. The molecule has 2 aromatic carbocycles. The molecule has 0 radical (unpaired) electrons. The number of ether oxygens (including phenoxy) is 1. The highest BCUT2D eigenvalue weighted by Gasteiger charge is 2.30. The summed E-state index contributed by atoms with van der Waals surface area (Å²) in [6.45, 7) is 0.836. The molecule has 1 aliphatic rings. The van der Waals surface area contributed by atoms with Gasteiger partial charge in [-0.1, -0.05) is 12.8 Å². The number of carbonyl (C=O) groups excluding carboxylic acids is 1. The van der Waals surface area contributed by atoms with E-state index in [2.05, 4.69) is 5.32 Å². The fourth-order valence-corrected chi connectivity index (χ4v) is 4.94. The predicted octanol–water partition coefficient (Wildman–Crippen LogP) is 4.53. The molecule has 0 atom stereocenters. The van der Waals surface area contributed by atoms with Crippen LogP contribution in [0.15, 0.2) is 47.4 Å². The molecule has 1 aliphatic heterocycles. The van der Waals surface area contributed by atoms with Gasteiger partial charge in [0.2, 0.25) is 10.0 Å². The van der Waals surface area contributed by atoms with Gasteiger partial charge in [0, 0.05) is 18.8 Å². The van der Waals surface area contributed by atoms with E-state index >= 15 is 0 Å². The number of alkyl halides is 3. The summed E-state index contributed by atoms with van der Waals surface area (Å²) in [7, 11) is -2.45. The van der Waals surface area contributed by atoms with Gasteiger partial charge in [-0.2, -0.15) is 17.5 Å². The van der Waals surface area contributed by atoms with Crippen LogP contribution in [0.1, 0.15) is 41.6 Å². The zero-order chi connectivity index (χ0) is 22.6. The van der Waals surface area contributed by atoms with E-state index in [-0.39, 0.29) is 21.9 Å². The molecule has 168 valence electrons. The van der Waals surface area contributed by atoms with Crippen molar-refractivity contribution in [2.75, 3.05) is 25.5 Å². The van der Waals surface area contributed by atoms with E-state index < -0.39 is 27.7 Å². The van der Waals surface area contributed by atoms with Gasteiger partial charge in [0.25, 0.3) is 5.91 Å². The number of rotatable bonds is 5. The molecule has 0 spiro atoms. The van der Waals surface area contributed by atoms with Crippen LogP contribution in [0.2, 0.25) is 0 Å². The molecule has 2 aromatic rings. The Balaban J connectivity index is 1.87. The molecule has 6 nitrogen and oxygen atoms in total. The van der Waals surface area contributed by atoms with Crippen LogP contribution in [0.25, 0.3) is 0 Å². The van der Waals surface area contributed by atoms with Crippen LogP contribution < -0.4 is 10.1 Å². The minimum atomic E-state index is -4.48. The minimum Gasteiger partial charge on any atom is -0.496 e. The summed E-state index contributed by atoms with van der Waals surface area (Å²) >= 11 is 0. The Kier molecular flexibility index (Phi) is 6.90. The van der Waals surface area contributed by atoms with E-state index in [4.69, 9.17) is 4.74 Å². The number of hydrogen-bond acceptors (Lipinski definition) is 4. The molecule has 3 rings (SSSR count). The minimum absolute atomic E-state index is 0.0294. The first-order valence-electron chi connectivity index (χ1n) is 9.80. The van der Waals surface area contributed by atoms with Crippen LogP contribution in [-0.2, 0) is 16.2 Å². The maximum atomic E-state index is 13.1. The summed E-state index contributed by atoms with van der Waals surface area (Å²) in [5.74, 6) is -0.538. The second-order valence-electron chi connectivity index (χ2n) is 7.21. The highest BCUT2D eigenvalue weighted by atomic mass is 32.2. The first-order chi connectivity index (χ1) is 14.6. The van der Waals surface area contributed by atoms with Gasteiger partial charge in [0.15, 0.2) is 0 Å². The molecular weight excluding hydrogens is 433 g/mol. The third-order valence-corrected chi connectivity index (χ3v) is 6.98. The summed E-state index contributed by atoms with van der Waals surface area (Å²) in [5, 5.41) is 2.49. The number of anilines is 1. The fourth-order valence-electron chi connectivity index (χ4n) is 3.40. The molecule has 1 N–H and O–H groups in total. The molecule has 0 saturated carbocycles. The van der Waals surface area contributed by atoms with Crippen molar-refractivity contribution in [1.29, 1.82) is 0 Å². The van der Waals surface area contributed by atoms with Crippen molar-refractivity contribution in [3.63, 3.8) is 0 Å². The Morgan fingerprint density at radius 2 is 1.61 bits per heavy atom. The smallest absolute Gasteiger partial charge is 0.416 e. The van der Waals surface area contributed by atoms with Crippen LogP contribution in [0, 0.1) is 0 Å². The van der Waals surface area contributed by atoms with Gasteiger partial charge in [-0.15, -0.1) is 0 Å². The molecular formula is C21H23F3N2O4S. The maximum absolute atomic E-state index is 13.1. The van der Waals surface area contributed by atoms with Crippen LogP contribution in [-0.4, -0.2) is 38.8 Å². The average molecular weight is 456 g/mol. The third-order valence-electron chi connectivity index (χ3n) is 5.09. The second kappa shape index (κ2) is 9.27. The number of amides is 1. The number of methoxy groups -OCH3 is 1. The Bertz CT molecular complexity index is 1030. The summed E-state index contributed by atoms with van der Waals surface area (Å²) in [5.41, 5.74) is -0.729. The lowest BCUT2D eigenvalue weighted by atomic mass is 10.1. The summed E-state index contributed by atoms with van der Waals surface area (Å²) in [4.78, 5) is 12.7. The quantitative estimate of drug-likeness (QED) is 0.717. The largest absolute Gasteiger partial charge is 0.496 e. The van der Waals surface area contributed by atoms with Crippen molar-refractivity contribution in [1.82, 2.24) is 4.31 Å². The van der Waals surface area contributed by atoms with Gasteiger partial charge in [-0.05, 0) is 55.3 Å². The molecule has 0 bridgehead atoms. The van der Waals surface area contributed by atoms with Crippen molar-refractivity contribution in [3.05, 3.63) is 53.6 Å². The number of hydrogen-bond donors (Lipinski definition) is 1. The van der Waals surface area contributed by atoms with Gasteiger partial charge in [0.05, 0.1) is 23.1 Å². The maximum Gasteiger partial charge on any atom is 0.416 e. The summed E-state index contributed by atoms with van der Waals surface area (Å²) in [6.07, 6.45) is -1.00. The van der Waals surface area contributed by atoms with Gasteiger partial charge in [-0.25, -0.2) is 8.42 Å². The Hall–Kier alpha value is -2.59. The molecule has 1 heterocycles. The van der Waals surface area contributed by atoms with Crippen molar-refractivity contribution < 1.29 is 31.1 Å². The van der Waals surface area contributed by atoms with Gasteiger partial charge >= 0.3 is 6.18 Å². The van der Waals surface area contributed by atoms with Crippen LogP contribution in [0.5, 0.6) is 5.75 Å². The van der Waals surface area contributed by atoms with Crippen LogP contribution >= 0.6 is 0 Å². The van der Waals surface area contributed by atoms with Gasteiger partial charge in [-0.3, -0.25) is 4.79 Å². The monoisotopic (exact) mass is 456 g/mol. The van der Waals surface area contributed by atoms with E-state index in [1.54, 1.807) is 0 Å². The average Bonchev–Trinajstić information content (AvgIpc) is 3.03. The Labute approximate surface area is 179 Å². The first kappa shape index (κ1) is 23.1. The predicted molar refractivity (Wildman–Crippen MR) is 110 cm³/mol. The molecule has 10 heteroatoms. The van der Waals surface area contributed by atoms with E-state index in [0.717, 1.165) is 49.9 Å². The summed E-state index contributed by atoms with van der Waals surface area (Å²) in [6, 6.07) is 7.98. The molecule has 31 heavy (non-hydrogen) atoms. The molecule has 1 amide bonds. The lowest BCUT2D eigenvalue weighted by Gasteiger charge is -2.20. The topological polar surface area (TPSA) is 75.7 Å². The lowest BCUT2D eigenvalue weighted by molar-refractivity contribution is -0.137. The van der Waals surface area contributed by atoms with E-state index in [0.29, 0.717) is 13.1 Å². The molecule has 0 aromatic heterocycles. The summed E-state index contributed by atoms with van der Waals surface area (Å²) < 4.78 is 70.8. The number of nitrogens with one attached hydrogen (secondary N) is 1. The van der Waals surface area contributed by atoms with Gasteiger partial charge < -0.3 is 10.1 Å². The van der Waals surface area contributed by atoms with E-state index in [9.17, 15) is 26.4 Å². The van der Waals surface area contributed by atoms with Crippen molar-refractivity contribution in [2.24, 2.45) is 0 Å². The SMILES string of the molecule is COc1ccc(S(=O)(=O)N2CCCCCC2)cc1C(=O)Nc1ccc(C(F)(F)F)cc1. The highest BCUT2D eigenvalue weighted by Crippen LogP contribution is 2.30.